The standard InChI is InChI=1S/C6H6N2O2/c9-6-5-4(1-2-10-6)7-3-8-5/h3H,1-2H2,(H,7,8). The van der Waals surface area contributed by atoms with Crippen LogP contribution < -0.4 is 0 Å². The van der Waals surface area contributed by atoms with Crippen molar-refractivity contribution in [3.63, 3.8) is 0 Å². The second-order valence-corrected chi connectivity index (χ2v) is 2.12. The number of aromatic nitrogens is 2. The summed E-state index contributed by atoms with van der Waals surface area (Å²) in [5.41, 5.74) is 1.32. The van der Waals surface area contributed by atoms with Gasteiger partial charge in [0.1, 0.15) is 0 Å². The van der Waals surface area contributed by atoms with Gasteiger partial charge >= 0.3 is 5.97 Å². The van der Waals surface area contributed by atoms with E-state index in [1.54, 1.807) is 0 Å². The van der Waals surface area contributed by atoms with Crippen LogP contribution in [0.2, 0.25) is 0 Å². The first-order valence-corrected chi connectivity index (χ1v) is 3.07. The minimum Gasteiger partial charge on any atom is -0.461 e. The van der Waals surface area contributed by atoms with Gasteiger partial charge in [-0.2, -0.15) is 0 Å². The highest BCUT2D eigenvalue weighted by Crippen LogP contribution is 2.10. The van der Waals surface area contributed by atoms with E-state index in [1.165, 1.54) is 6.33 Å². The summed E-state index contributed by atoms with van der Waals surface area (Å²) in [5.74, 6) is -0.317. The Bertz CT molecular complexity index is 266. The number of aromatic amines is 1. The molecule has 10 heavy (non-hydrogen) atoms. The van der Waals surface area contributed by atoms with Gasteiger partial charge in [-0.15, -0.1) is 0 Å². The molecule has 4 nitrogen and oxygen atoms in total. The summed E-state index contributed by atoms with van der Waals surface area (Å²) in [4.78, 5) is 17.5. The zero-order chi connectivity index (χ0) is 6.97. The van der Waals surface area contributed by atoms with Crippen molar-refractivity contribution in [2.75, 3.05) is 6.61 Å². The number of esters is 1. The summed E-state index contributed by atoms with van der Waals surface area (Å²) in [6.45, 7) is 0.466. The molecule has 0 atom stereocenters. The Morgan fingerprint density at radius 2 is 2.60 bits per heavy atom. The van der Waals surface area contributed by atoms with Crippen molar-refractivity contribution in [2.24, 2.45) is 0 Å². The van der Waals surface area contributed by atoms with Crippen LogP contribution in [0.3, 0.4) is 0 Å². The van der Waals surface area contributed by atoms with Crippen LogP contribution >= 0.6 is 0 Å². The Kier molecular flexibility index (Phi) is 1.00. The third kappa shape index (κ3) is 0.618. The summed E-state index contributed by atoms with van der Waals surface area (Å²) < 4.78 is 4.74. The van der Waals surface area contributed by atoms with E-state index < -0.39 is 0 Å². The van der Waals surface area contributed by atoms with Gasteiger partial charge in [0.2, 0.25) is 0 Å². The van der Waals surface area contributed by atoms with Crippen molar-refractivity contribution in [1.29, 1.82) is 0 Å². The maximum absolute atomic E-state index is 10.8. The Morgan fingerprint density at radius 1 is 1.70 bits per heavy atom. The highest BCUT2D eigenvalue weighted by atomic mass is 16.5. The maximum atomic E-state index is 10.8. The number of carbonyl (C=O) groups is 1. The first-order valence-electron chi connectivity index (χ1n) is 3.07. The van der Waals surface area contributed by atoms with Gasteiger partial charge in [-0.05, 0) is 0 Å². The number of cyclic esters (lactones) is 1. The number of imidazole rings is 1. The van der Waals surface area contributed by atoms with E-state index in [4.69, 9.17) is 4.74 Å². The maximum Gasteiger partial charge on any atom is 0.358 e. The molecule has 1 aromatic rings. The summed E-state index contributed by atoms with van der Waals surface area (Å²) in [7, 11) is 0. The Balaban J connectivity index is 2.50. The molecule has 0 fully saturated rings. The molecule has 1 aliphatic heterocycles. The molecule has 0 aromatic carbocycles. The van der Waals surface area contributed by atoms with Crippen LogP contribution in [0, 0.1) is 0 Å². The van der Waals surface area contributed by atoms with Crippen LogP contribution in [0.4, 0.5) is 0 Å². The fourth-order valence-electron chi connectivity index (χ4n) is 1.00. The minimum absolute atomic E-state index is 0.317. The Hall–Kier alpha value is -1.32. The van der Waals surface area contributed by atoms with E-state index >= 15 is 0 Å². The van der Waals surface area contributed by atoms with E-state index in [0.717, 1.165) is 12.1 Å². The first-order chi connectivity index (χ1) is 4.88. The zero-order valence-corrected chi connectivity index (χ0v) is 5.26. The predicted octanol–water partition coefficient (Wildman–Crippen LogP) is 0.123. The average Bonchev–Trinajstić information content (AvgIpc) is 2.36. The highest BCUT2D eigenvalue weighted by Gasteiger charge is 2.20. The highest BCUT2D eigenvalue weighted by molar-refractivity contribution is 5.89. The van der Waals surface area contributed by atoms with Crippen LogP contribution in [0.5, 0.6) is 0 Å². The number of nitrogens with one attached hydrogen (secondary N) is 1. The van der Waals surface area contributed by atoms with Crippen LogP contribution in [-0.4, -0.2) is 22.5 Å². The van der Waals surface area contributed by atoms with Gasteiger partial charge in [0.15, 0.2) is 5.69 Å². The van der Waals surface area contributed by atoms with Crippen molar-refractivity contribution in [2.45, 2.75) is 6.42 Å². The van der Waals surface area contributed by atoms with Crippen molar-refractivity contribution in [1.82, 2.24) is 9.97 Å². The Morgan fingerprint density at radius 3 is 3.40 bits per heavy atom. The molecular weight excluding hydrogens is 132 g/mol. The molecule has 4 heteroatoms. The number of rotatable bonds is 0. The van der Waals surface area contributed by atoms with Crippen LogP contribution in [0.25, 0.3) is 0 Å². The topological polar surface area (TPSA) is 55.0 Å². The number of nitrogens with zero attached hydrogens (tertiary/aromatic N) is 1. The molecular formula is C6H6N2O2. The molecule has 0 bridgehead atoms. The lowest BCUT2D eigenvalue weighted by Crippen LogP contribution is -2.17. The fraction of sp³-hybridized carbons (Fsp3) is 0.333. The Labute approximate surface area is 57.2 Å². The third-order valence-electron chi connectivity index (χ3n) is 1.50. The van der Waals surface area contributed by atoms with E-state index in [0.29, 0.717) is 12.3 Å². The smallest absolute Gasteiger partial charge is 0.358 e. The summed E-state index contributed by atoms with van der Waals surface area (Å²) >= 11 is 0. The van der Waals surface area contributed by atoms with Crippen LogP contribution in [-0.2, 0) is 11.2 Å². The molecule has 0 radical (unpaired) electrons. The van der Waals surface area contributed by atoms with Gasteiger partial charge in [0, 0.05) is 6.42 Å². The van der Waals surface area contributed by atoms with E-state index in [2.05, 4.69) is 9.97 Å². The number of fused-ring (bicyclic) bond motifs is 1. The quantitative estimate of drug-likeness (QED) is 0.518. The van der Waals surface area contributed by atoms with Gasteiger partial charge in [0.05, 0.1) is 18.6 Å². The molecule has 0 amide bonds. The van der Waals surface area contributed by atoms with E-state index in [9.17, 15) is 4.79 Å². The zero-order valence-electron chi connectivity index (χ0n) is 5.26. The molecule has 1 N–H and O–H groups in total. The molecule has 0 saturated heterocycles. The number of ether oxygens (including phenoxy) is 1. The summed E-state index contributed by atoms with van der Waals surface area (Å²) in [5, 5.41) is 0. The lowest BCUT2D eigenvalue weighted by atomic mass is 10.2. The fourth-order valence-corrected chi connectivity index (χ4v) is 1.00. The van der Waals surface area contributed by atoms with Crippen molar-refractivity contribution in [3.8, 4) is 0 Å². The van der Waals surface area contributed by atoms with Gasteiger partial charge in [-0.3, -0.25) is 0 Å². The normalized spacial score (nSPS) is 16.2. The lowest BCUT2D eigenvalue weighted by Gasteiger charge is -2.08. The number of hydrogen-bond acceptors (Lipinski definition) is 3. The van der Waals surface area contributed by atoms with E-state index in [1.807, 2.05) is 0 Å². The molecule has 0 unspecified atom stereocenters. The molecule has 0 spiro atoms. The molecule has 0 aliphatic carbocycles. The lowest BCUT2D eigenvalue weighted by molar-refractivity contribution is 0.0472. The molecule has 0 saturated carbocycles. The molecule has 1 aromatic heterocycles. The summed E-state index contributed by atoms with van der Waals surface area (Å²) in [6.07, 6.45) is 2.26. The second kappa shape index (κ2) is 1.83. The van der Waals surface area contributed by atoms with Crippen molar-refractivity contribution in [3.05, 3.63) is 17.7 Å². The average molecular weight is 138 g/mol. The van der Waals surface area contributed by atoms with Gasteiger partial charge in [0.25, 0.3) is 0 Å². The van der Waals surface area contributed by atoms with Crippen molar-refractivity contribution >= 4 is 5.97 Å². The van der Waals surface area contributed by atoms with Crippen LogP contribution in [0.1, 0.15) is 16.2 Å². The predicted molar refractivity (Wildman–Crippen MR) is 32.6 cm³/mol. The van der Waals surface area contributed by atoms with Crippen molar-refractivity contribution < 1.29 is 9.53 Å². The first kappa shape index (κ1) is 5.46. The van der Waals surface area contributed by atoms with E-state index in [-0.39, 0.29) is 5.97 Å². The monoisotopic (exact) mass is 138 g/mol. The van der Waals surface area contributed by atoms with Gasteiger partial charge in [-0.25, -0.2) is 9.78 Å². The molecule has 2 heterocycles. The molecule has 52 valence electrons. The number of carbonyl (C=O) groups excluding carboxylic acids is 1. The number of H-pyrrole nitrogens is 1. The second-order valence-electron chi connectivity index (χ2n) is 2.12. The third-order valence-corrected chi connectivity index (χ3v) is 1.50. The SMILES string of the molecule is O=C1OCCc2[nH]cnc21. The number of hydrogen-bond donors (Lipinski definition) is 1. The van der Waals surface area contributed by atoms with Crippen LogP contribution in [0.15, 0.2) is 6.33 Å². The minimum atomic E-state index is -0.317. The summed E-state index contributed by atoms with van der Waals surface area (Å²) in [6, 6.07) is 0. The molecule has 1 aliphatic rings. The van der Waals surface area contributed by atoms with Gasteiger partial charge < -0.3 is 9.72 Å². The van der Waals surface area contributed by atoms with Gasteiger partial charge in [-0.1, -0.05) is 0 Å². The largest absolute Gasteiger partial charge is 0.461 e. The molecule has 2 rings (SSSR count).